The van der Waals surface area contributed by atoms with Crippen LogP contribution in [-0.4, -0.2) is 91.2 Å². The zero-order valence-corrected chi connectivity index (χ0v) is 25.7. The lowest BCUT2D eigenvalue weighted by atomic mass is 10.0. The van der Waals surface area contributed by atoms with Gasteiger partial charge in [-0.3, -0.25) is 4.79 Å². The van der Waals surface area contributed by atoms with Crippen molar-refractivity contribution in [3.05, 3.63) is 64.1 Å². The molecule has 2 aromatic rings. The van der Waals surface area contributed by atoms with Gasteiger partial charge in [-0.15, -0.1) is 0 Å². The van der Waals surface area contributed by atoms with E-state index in [0.29, 0.717) is 62.7 Å². The van der Waals surface area contributed by atoms with Crippen LogP contribution in [0.4, 0.5) is 24.7 Å². The molecule has 9 nitrogen and oxygen atoms in total. The molecule has 1 saturated carbocycles. The number of carbonyl (C=O) groups is 1. The number of aromatic nitrogens is 2. The number of halogens is 4. The van der Waals surface area contributed by atoms with Crippen LogP contribution in [0.5, 0.6) is 6.01 Å². The molecule has 3 aliphatic rings. The summed E-state index contributed by atoms with van der Waals surface area (Å²) in [6, 6.07) is 4.52. The van der Waals surface area contributed by atoms with E-state index in [4.69, 9.17) is 32.9 Å². The number of hydrogen-bond acceptors (Lipinski definition) is 7. The van der Waals surface area contributed by atoms with E-state index >= 15 is 0 Å². The van der Waals surface area contributed by atoms with Crippen molar-refractivity contribution in [3.63, 3.8) is 0 Å². The van der Waals surface area contributed by atoms with E-state index in [9.17, 15) is 18.0 Å². The Bertz CT molecular complexity index is 1430. The quantitative estimate of drug-likeness (QED) is 0.302. The lowest BCUT2D eigenvalue weighted by Gasteiger charge is -2.41. The van der Waals surface area contributed by atoms with Gasteiger partial charge in [-0.1, -0.05) is 24.2 Å². The molecule has 0 bridgehead atoms. The topological polar surface area (TPSA) is 69.4 Å². The van der Waals surface area contributed by atoms with Gasteiger partial charge in [0.25, 0.3) is 0 Å². The Hall–Kier alpha value is -3.56. The molecule has 1 aliphatic carbocycles. The molecule has 13 heteroatoms. The number of hydrogen-bond donors (Lipinski definition) is 0. The van der Waals surface area contributed by atoms with Gasteiger partial charge in [-0.05, 0) is 63.9 Å². The molecular weight excluding hydrogens is 595 g/mol. The Balaban J connectivity index is 1.47. The van der Waals surface area contributed by atoms with Crippen molar-refractivity contribution >= 4 is 29.0 Å². The summed E-state index contributed by atoms with van der Waals surface area (Å²) < 4.78 is 48.3. The van der Waals surface area contributed by atoms with Crippen LogP contribution in [0.15, 0.2) is 30.9 Å². The van der Waals surface area contributed by atoms with Gasteiger partial charge in [0.05, 0.1) is 35.1 Å². The Kier molecular flexibility index (Phi) is 9.56. The van der Waals surface area contributed by atoms with E-state index in [2.05, 4.69) is 30.4 Å². The molecule has 1 amide bonds. The molecule has 1 saturated heterocycles. The Morgan fingerprint density at radius 3 is 2.70 bits per heavy atom. The molecule has 0 unspecified atom stereocenters. The summed E-state index contributed by atoms with van der Waals surface area (Å²) in [4.78, 5) is 33.2. The highest BCUT2D eigenvalue weighted by Gasteiger charge is 2.39. The van der Waals surface area contributed by atoms with Crippen LogP contribution in [0.1, 0.15) is 36.1 Å². The number of fused-ring (bicyclic) bond motifs is 1. The largest absolute Gasteiger partial charge is 0.463 e. The highest BCUT2D eigenvalue weighted by Crippen LogP contribution is 2.43. The van der Waals surface area contributed by atoms with Crippen LogP contribution >= 0.6 is 11.6 Å². The predicted molar refractivity (Wildman–Crippen MR) is 163 cm³/mol. The number of anilines is 2. The number of ether oxygens (including phenoxy) is 1. The number of nitrogens with zero attached hydrogens (tertiary/aromatic N) is 7. The van der Waals surface area contributed by atoms with Crippen LogP contribution in [-0.2, 0) is 23.9 Å². The van der Waals surface area contributed by atoms with E-state index in [1.807, 2.05) is 4.90 Å². The van der Waals surface area contributed by atoms with Crippen molar-refractivity contribution in [2.45, 2.75) is 50.5 Å². The smallest absolute Gasteiger partial charge is 0.419 e. The normalized spacial score (nSPS) is 22.1. The van der Waals surface area contributed by atoms with Crippen LogP contribution in [0.2, 0.25) is 5.02 Å². The first-order chi connectivity index (χ1) is 21.0. The van der Waals surface area contributed by atoms with Crippen LogP contribution in [0, 0.1) is 12.5 Å². The second-order valence-electron chi connectivity index (χ2n) is 11.8. The number of piperazine rings is 1. The third kappa shape index (κ3) is 6.74. The van der Waals surface area contributed by atoms with Crippen molar-refractivity contribution in [2.24, 2.45) is 5.92 Å². The molecule has 1 aromatic carbocycles. The summed E-state index contributed by atoms with van der Waals surface area (Å²) in [5, 5.41) is -0.349. The fraction of sp³-hybridized carbons (Fsp3) is 0.548. The molecule has 0 radical (unpaired) electrons. The van der Waals surface area contributed by atoms with Gasteiger partial charge in [-0.25, -0.2) is 6.57 Å². The maximum Gasteiger partial charge on any atom is 0.419 e. The molecule has 3 heterocycles. The van der Waals surface area contributed by atoms with Crippen LogP contribution in [0.3, 0.4) is 0 Å². The predicted octanol–water partition coefficient (Wildman–Crippen LogP) is 4.94. The molecule has 0 spiro atoms. The van der Waals surface area contributed by atoms with E-state index in [1.165, 1.54) is 24.3 Å². The number of rotatable bonds is 8. The van der Waals surface area contributed by atoms with Crippen LogP contribution in [0.25, 0.3) is 4.85 Å². The van der Waals surface area contributed by atoms with E-state index in [0.717, 1.165) is 24.8 Å². The molecule has 1 aromatic heterocycles. The Morgan fingerprint density at radius 1 is 1.23 bits per heavy atom. The molecule has 236 valence electrons. The highest BCUT2D eigenvalue weighted by atomic mass is 35.5. The first-order valence-corrected chi connectivity index (χ1v) is 15.2. The molecule has 5 rings (SSSR count). The maximum absolute atomic E-state index is 14.0. The fourth-order valence-electron chi connectivity index (χ4n) is 6.56. The summed E-state index contributed by atoms with van der Waals surface area (Å²) in [6.07, 6.45) is 0.163. The number of alkyl halides is 3. The highest BCUT2D eigenvalue weighted by molar-refractivity contribution is 6.31. The zero-order valence-electron chi connectivity index (χ0n) is 25.0. The van der Waals surface area contributed by atoms with Crippen molar-refractivity contribution in [1.29, 1.82) is 0 Å². The van der Waals surface area contributed by atoms with E-state index in [-0.39, 0.29) is 41.8 Å². The third-order valence-corrected chi connectivity index (χ3v) is 9.19. The van der Waals surface area contributed by atoms with Crippen molar-refractivity contribution in [3.8, 4) is 6.01 Å². The first kappa shape index (κ1) is 31.9. The van der Waals surface area contributed by atoms with Gasteiger partial charge in [0.2, 0.25) is 12.5 Å². The Morgan fingerprint density at radius 2 is 2.02 bits per heavy atom. The SMILES string of the molecule is [C-]#[N+]C[C@H]1CN(c2nc(OC[C@H]3CC[C@@H](N(C)C)C3)nc3c2CCN(c2cccc(Cl)c2C(F)(F)F)C3)CCN1C(=O)C=C. The first-order valence-electron chi connectivity index (χ1n) is 14.8. The fourth-order valence-corrected chi connectivity index (χ4v) is 6.83. The monoisotopic (exact) mass is 631 g/mol. The second kappa shape index (κ2) is 13.2. The third-order valence-electron chi connectivity index (χ3n) is 8.87. The minimum absolute atomic E-state index is 0.00707. The summed E-state index contributed by atoms with van der Waals surface area (Å²) in [7, 11) is 4.15. The summed E-state index contributed by atoms with van der Waals surface area (Å²) in [5.41, 5.74) is 0.571. The molecule has 3 atom stereocenters. The molecule has 2 fully saturated rings. The molecule has 0 N–H and O–H groups in total. The average molecular weight is 632 g/mol. The minimum atomic E-state index is -4.62. The molecule has 2 aliphatic heterocycles. The molecule has 44 heavy (non-hydrogen) atoms. The van der Waals surface area contributed by atoms with Gasteiger partial charge in [0, 0.05) is 37.8 Å². The Labute approximate surface area is 261 Å². The lowest BCUT2D eigenvalue weighted by Crippen LogP contribution is -2.56. The lowest BCUT2D eigenvalue weighted by molar-refractivity contribution is -0.137. The van der Waals surface area contributed by atoms with Gasteiger partial charge in [-0.2, -0.15) is 23.1 Å². The summed E-state index contributed by atoms with van der Waals surface area (Å²) in [5.74, 6) is 0.765. The number of amides is 1. The van der Waals surface area contributed by atoms with Gasteiger partial charge in [0.15, 0.2) is 0 Å². The second-order valence-corrected chi connectivity index (χ2v) is 12.2. The summed E-state index contributed by atoms with van der Waals surface area (Å²) in [6.45, 7) is 13.3. The summed E-state index contributed by atoms with van der Waals surface area (Å²) >= 11 is 6.05. The van der Waals surface area contributed by atoms with E-state index in [1.54, 1.807) is 9.80 Å². The van der Waals surface area contributed by atoms with E-state index < -0.39 is 11.7 Å². The van der Waals surface area contributed by atoms with Crippen LogP contribution < -0.4 is 14.5 Å². The average Bonchev–Trinajstić information content (AvgIpc) is 3.48. The van der Waals surface area contributed by atoms with Gasteiger partial charge < -0.3 is 29.2 Å². The van der Waals surface area contributed by atoms with Crippen molar-refractivity contribution in [2.75, 3.05) is 63.2 Å². The maximum atomic E-state index is 14.0. The number of carbonyl (C=O) groups excluding carboxylic acids is 1. The zero-order chi connectivity index (χ0) is 31.6. The van der Waals surface area contributed by atoms with Gasteiger partial charge >= 0.3 is 12.2 Å². The van der Waals surface area contributed by atoms with Crippen molar-refractivity contribution < 1.29 is 22.7 Å². The molecular formula is C31H37ClF3N7O2. The van der Waals surface area contributed by atoms with Gasteiger partial charge in [0.1, 0.15) is 11.9 Å². The standard InChI is InChI=1S/C31H37ClF3N7O2/c1-5-27(43)42-14-13-41(17-22(42)16-36-2)29-23-11-12-40(26-8-6-7-24(32)28(26)31(33,34)35)18-25(23)37-30(38-29)44-19-20-9-10-21(15-20)39(3)4/h5-8,20-22H,1,9-19H2,3-4H3/t20-,21+,22-/m0/s1. The van der Waals surface area contributed by atoms with Crippen molar-refractivity contribution in [1.82, 2.24) is 19.8 Å². The number of benzene rings is 1. The minimum Gasteiger partial charge on any atom is -0.463 e.